The van der Waals surface area contributed by atoms with Crippen LogP contribution in [0.4, 0.5) is 4.79 Å². The number of nitrogens with zero attached hydrogens (tertiary/aromatic N) is 2. The summed E-state index contributed by atoms with van der Waals surface area (Å²) in [6.45, 7) is 0.899. The number of carbonyl (C=O) groups is 1. The molecular formula is C13H16N2OS. The van der Waals surface area contributed by atoms with E-state index in [2.05, 4.69) is 29.3 Å². The van der Waals surface area contributed by atoms with E-state index in [1.807, 2.05) is 13.1 Å². The largest absolute Gasteiger partial charge is 0.376 e. The van der Waals surface area contributed by atoms with Gasteiger partial charge in [-0.2, -0.15) is 0 Å². The van der Waals surface area contributed by atoms with Crippen molar-refractivity contribution in [2.24, 2.45) is 0 Å². The molecule has 1 aliphatic rings. The van der Waals surface area contributed by atoms with Gasteiger partial charge in [0, 0.05) is 32.6 Å². The van der Waals surface area contributed by atoms with Gasteiger partial charge in [-0.3, -0.25) is 4.79 Å². The van der Waals surface area contributed by atoms with Crippen LogP contribution in [0.1, 0.15) is 11.1 Å². The van der Waals surface area contributed by atoms with Gasteiger partial charge in [-0.1, -0.05) is 6.07 Å². The highest BCUT2D eigenvalue weighted by Crippen LogP contribution is 2.26. The van der Waals surface area contributed by atoms with Gasteiger partial charge in [-0.25, -0.2) is 0 Å². The Labute approximate surface area is 106 Å². The van der Waals surface area contributed by atoms with Crippen molar-refractivity contribution in [3.05, 3.63) is 35.5 Å². The quantitative estimate of drug-likeness (QED) is 0.714. The Bertz CT molecular complexity index is 468. The van der Waals surface area contributed by atoms with Crippen molar-refractivity contribution < 1.29 is 4.79 Å². The molecule has 0 aromatic heterocycles. The van der Waals surface area contributed by atoms with E-state index in [4.69, 9.17) is 0 Å². The van der Waals surface area contributed by atoms with Crippen LogP contribution < -0.4 is 0 Å². The summed E-state index contributed by atoms with van der Waals surface area (Å²) in [6.07, 6.45) is 4.17. The molecule has 0 atom stereocenters. The smallest absolute Gasteiger partial charge is 0.285 e. The third kappa shape index (κ3) is 2.82. The minimum absolute atomic E-state index is 0.0599. The van der Waals surface area contributed by atoms with Crippen LogP contribution in [-0.2, 0) is 6.54 Å². The number of hydrogen-bond acceptors (Lipinski definition) is 3. The fourth-order valence-electron chi connectivity index (χ4n) is 1.67. The summed E-state index contributed by atoms with van der Waals surface area (Å²) in [5.41, 5.74) is 2.51. The molecule has 0 unspecified atom stereocenters. The van der Waals surface area contributed by atoms with E-state index < -0.39 is 0 Å². The van der Waals surface area contributed by atoms with E-state index in [0.717, 1.165) is 11.4 Å². The number of carbonyl (C=O) groups excluding carboxylic acids is 1. The standard InChI is InChI=1S/C13H16N2OS/c1-14(2)13(16)17-12-5-4-10-6-7-15(3)9-11(10)8-12/h4-8H,9H2,1-3H3. The maximum Gasteiger partial charge on any atom is 0.285 e. The first-order valence-electron chi connectivity index (χ1n) is 5.47. The van der Waals surface area contributed by atoms with E-state index in [1.54, 1.807) is 19.0 Å². The van der Waals surface area contributed by atoms with Crippen LogP contribution in [-0.4, -0.2) is 36.2 Å². The fourth-order valence-corrected chi connectivity index (χ4v) is 2.39. The average molecular weight is 248 g/mol. The Hall–Kier alpha value is -1.42. The van der Waals surface area contributed by atoms with Gasteiger partial charge in [0.05, 0.1) is 0 Å². The van der Waals surface area contributed by atoms with E-state index in [9.17, 15) is 4.79 Å². The molecule has 17 heavy (non-hydrogen) atoms. The second-order valence-corrected chi connectivity index (χ2v) is 5.38. The summed E-state index contributed by atoms with van der Waals surface area (Å²) in [5.74, 6) is 0. The number of benzene rings is 1. The van der Waals surface area contributed by atoms with Crippen LogP contribution >= 0.6 is 11.8 Å². The molecule has 3 nitrogen and oxygen atoms in total. The van der Waals surface area contributed by atoms with Gasteiger partial charge < -0.3 is 9.80 Å². The van der Waals surface area contributed by atoms with E-state index in [0.29, 0.717) is 0 Å². The molecule has 1 heterocycles. The Morgan fingerprint density at radius 3 is 2.88 bits per heavy atom. The highest BCUT2D eigenvalue weighted by Gasteiger charge is 2.11. The molecule has 0 radical (unpaired) electrons. The van der Waals surface area contributed by atoms with Gasteiger partial charge >= 0.3 is 0 Å². The van der Waals surface area contributed by atoms with Crippen molar-refractivity contribution in [1.82, 2.24) is 9.80 Å². The fraction of sp³-hybridized carbons (Fsp3) is 0.308. The summed E-state index contributed by atoms with van der Waals surface area (Å²) in [7, 11) is 5.58. The topological polar surface area (TPSA) is 23.6 Å². The summed E-state index contributed by atoms with van der Waals surface area (Å²) in [4.78, 5) is 16.3. The third-order valence-corrected chi connectivity index (χ3v) is 3.64. The molecule has 2 rings (SSSR count). The zero-order valence-electron chi connectivity index (χ0n) is 10.3. The van der Waals surface area contributed by atoms with Gasteiger partial charge in [0.25, 0.3) is 5.24 Å². The Morgan fingerprint density at radius 2 is 2.18 bits per heavy atom. The van der Waals surface area contributed by atoms with Gasteiger partial charge in [-0.15, -0.1) is 0 Å². The Kier molecular flexibility index (Phi) is 3.43. The summed E-state index contributed by atoms with van der Waals surface area (Å²) in [5, 5.41) is 0.0599. The number of rotatable bonds is 1. The number of hydrogen-bond donors (Lipinski definition) is 0. The minimum Gasteiger partial charge on any atom is -0.376 e. The minimum atomic E-state index is 0.0599. The van der Waals surface area contributed by atoms with E-state index >= 15 is 0 Å². The second-order valence-electron chi connectivity index (χ2n) is 4.35. The van der Waals surface area contributed by atoms with Crippen molar-refractivity contribution in [3.8, 4) is 0 Å². The number of fused-ring (bicyclic) bond motifs is 1. The molecule has 1 aromatic carbocycles. The lowest BCUT2D eigenvalue weighted by Gasteiger charge is -2.21. The van der Waals surface area contributed by atoms with Crippen LogP contribution in [0, 0.1) is 0 Å². The molecule has 1 aromatic rings. The molecule has 1 amide bonds. The average Bonchev–Trinajstić information content (AvgIpc) is 2.28. The van der Waals surface area contributed by atoms with Crippen molar-refractivity contribution >= 4 is 23.1 Å². The molecule has 0 bridgehead atoms. The predicted molar refractivity (Wildman–Crippen MR) is 71.9 cm³/mol. The summed E-state index contributed by atoms with van der Waals surface area (Å²) >= 11 is 1.27. The normalized spacial score (nSPS) is 13.5. The van der Waals surface area contributed by atoms with E-state index in [1.165, 1.54) is 22.9 Å². The van der Waals surface area contributed by atoms with Crippen molar-refractivity contribution in [1.29, 1.82) is 0 Å². The zero-order valence-corrected chi connectivity index (χ0v) is 11.1. The molecule has 0 aliphatic carbocycles. The summed E-state index contributed by atoms with van der Waals surface area (Å²) < 4.78 is 0. The zero-order chi connectivity index (χ0) is 12.4. The maximum atomic E-state index is 11.6. The molecule has 0 saturated carbocycles. The van der Waals surface area contributed by atoms with Gasteiger partial charge in [0.15, 0.2) is 0 Å². The molecular weight excluding hydrogens is 232 g/mol. The lowest BCUT2D eigenvalue weighted by Crippen LogP contribution is -2.16. The second kappa shape index (κ2) is 4.84. The monoisotopic (exact) mass is 248 g/mol. The molecule has 0 saturated heterocycles. The number of amides is 1. The predicted octanol–water partition coefficient (Wildman–Crippen LogP) is 2.88. The third-order valence-electron chi connectivity index (χ3n) is 2.61. The maximum absolute atomic E-state index is 11.6. The van der Waals surface area contributed by atoms with Crippen LogP contribution in [0.25, 0.3) is 6.08 Å². The van der Waals surface area contributed by atoms with Crippen LogP contribution in [0.3, 0.4) is 0 Å². The van der Waals surface area contributed by atoms with Gasteiger partial charge in [-0.05, 0) is 47.3 Å². The van der Waals surface area contributed by atoms with Crippen molar-refractivity contribution in [3.63, 3.8) is 0 Å². The lowest BCUT2D eigenvalue weighted by atomic mass is 10.1. The first-order chi connectivity index (χ1) is 8.06. The van der Waals surface area contributed by atoms with Crippen molar-refractivity contribution in [2.75, 3.05) is 21.1 Å². The van der Waals surface area contributed by atoms with Crippen LogP contribution in [0.15, 0.2) is 29.3 Å². The highest BCUT2D eigenvalue weighted by atomic mass is 32.2. The Balaban J connectivity index is 2.19. The highest BCUT2D eigenvalue weighted by molar-refractivity contribution is 8.13. The van der Waals surface area contributed by atoms with Crippen LogP contribution in [0.5, 0.6) is 0 Å². The molecule has 90 valence electrons. The van der Waals surface area contributed by atoms with Crippen LogP contribution in [0.2, 0.25) is 0 Å². The number of thioether (sulfide) groups is 1. The SMILES string of the molecule is CN1C=Cc2ccc(SC(=O)N(C)C)cc2C1. The Morgan fingerprint density at radius 1 is 1.41 bits per heavy atom. The first-order valence-corrected chi connectivity index (χ1v) is 6.28. The molecule has 0 fully saturated rings. The molecule has 0 N–H and O–H groups in total. The van der Waals surface area contributed by atoms with Gasteiger partial charge in [0.1, 0.15) is 0 Å². The first kappa shape index (κ1) is 12.0. The van der Waals surface area contributed by atoms with Crippen molar-refractivity contribution in [2.45, 2.75) is 11.4 Å². The van der Waals surface area contributed by atoms with Gasteiger partial charge in [0.2, 0.25) is 0 Å². The summed E-state index contributed by atoms with van der Waals surface area (Å²) in [6, 6.07) is 6.17. The van der Waals surface area contributed by atoms with E-state index in [-0.39, 0.29) is 5.24 Å². The lowest BCUT2D eigenvalue weighted by molar-refractivity contribution is 0.241. The molecule has 4 heteroatoms. The molecule has 1 aliphatic heterocycles. The molecule has 0 spiro atoms.